The molecule has 18 nitrogen and oxygen atoms in total. The average Bonchev–Trinajstić information content (AvgIpc) is 3.36. The molecule has 0 bridgehead atoms. The highest BCUT2D eigenvalue weighted by molar-refractivity contribution is 9.10. The Morgan fingerprint density at radius 1 is 0.614 bits per heavy atom. The summed E-state index contributed by atoms with van der Waals surface area (Å²) in [7, 11) is 0. The highest BCUT2D eigenvalue weighted by Crippen LogP contribution is 2.39. The molecule has 0 aliphatic carbocycles. The summed E-state index contributed by atoms with van der Waals surface area (Å²) in [5.41, 5.74) is 1.70. The lowest BCUT2D eigenvalue weighted by Gasteiger charge is -2.24. The van der Waals surface area contributed by atoms with Crippen molar-refractivity contribution in [1.82, 2.24) is 30.6 Å². The number of nitriles is 2. The number of aromatic nitrogens is 4. The number of aliphatic hydroxyl groups excluding tert-OH is 2. The highest BCUT2D eigenvalue weighted by atomic mass is 79.9. The Bertz CT molecular complexity index is 2800. The quantitative estimate of drug-likeness (QED) is 0.0359. The van der Waals surface area contributed by atoms with Crippen LogP contribution >= 0.6 is 55.1 Å². The maximum Gasteiger partial charge on any atom is 0.326 e. The first-order chi connectivity index (χ1) is 33.5. The summed E-state index contributed by atoms with van der Waals surface area (Å²) < 4.78 is 25.3. The summed E-state index contributed by atoms with van der Waals surface area (Å²) in [6.07, 6.45) is 5.91. The van der Waals surface area contributed by atoms with Crippen molar-refractivity contribution in [2.24, 2.45) is 0 Å². The van der Waals surface area contributed by atoms with Crippen LogP contribution in [0.2, 0.25) is 10.0 Å². The van der Waals surface area contributed by atoms with E-state index in [0.717, 1.165) is 0 Å². The predicted molar refractivity (Wildman–Crippen MR) is 261 cm³/mol. The Labute approximate surface area is 428 Å². The molecule has 0 aliphatic heterocycles. The minimum absolute atomic E-state index is 0.0356. The van der Waals surface area contributed by atoms with Crippen molar-refractivity contribution in [3.05, 3.63) is 149 Å². The Morgan fingerprint density at radius 2 is 1.00 bits per heavy atom. The third-order valence-corrected chi connectivity index (χ3v) is 12.7. The zero-order chi connectivity index (χ0) is 50.6. The first-order valence-corrected chi connectivity index (χ1v) is 23.2. The summed E-state index contributed by atoms with van der Waals surface area (Å²) in [6, 6.07) is 21.3. The number of rotatable bonds is 23. The molecule has 22 heteroatoms. The second-order valence-corrected chi connectivity index (χ2v) is 18.3. The van der Waals surface area contributed by atoms with Crippen molar-refractivity contribution in [1.29, 1.82) is 10.5 Å². The van der Waals surface area contributed by atoms with Gasteiger partial charge >= 0.3 is 11.9 Å². The van der Waals surface area contributed by atoms with Gasteiger partial charge in [0.05, 0.1) is 43.3 Å². The number of hydrogen-bond acceptors (Lipinski definition) is 16. The van der Waals surface area contributed by atoms with Crippen LogP contribution in [0, 0.1) is 22.7 Å². The van der Waals surface area contributed by atoms with Crippen molar-refractivity contribution in [2.45, 2.75) is 64.4 Å². The zero-order valence-corrected chi connectivity index (χ0v) is 41.9. The van der Waals surface area contributed by atoms with E-state index in [2.05, 4.69) is 62.4 Å². The Morgan fingerprint density at radius 3 is 1.36 bits per heavy atom. The van der Waals surface area contributed by atoms with Crippen LogP contribution in [0.15, 0.2) is 94.4 Å². The number of halogens is 4. The topological polar surface area (TPSA) is 275 Å². The molecule has 0 aliphatic rings. The van der Waals surface area contributed by atoms with Crippen molar-refractivity contribution in [3.8, 4) is 46.8 Å². The first kappa shape index (κ1) is 52.9. The van der Waals surface area contributed by atoms with Gasteiger partial charge in [-0.1, -0.05) is 59.6 Å². The lowest BCUT2D eigenvalue weighted by Crippen LogP contribution is -2.52. The van der Waals surface area contributed by atoms with Crippen LogP contribution in [0.4, 0.5) is 0 Å². The fraction of sp³-hybridized carbons (Fsp3) is 0.250. The molecule has 2 aromatic carbocycles. The van der Waals surface area contributed by atoms with Crippen molar-refractivity contribution < 1.29 is 49.0 Å². The van der Waals surface area contributed by atoms with E-state index in [1.807, 2.05) is 12.1 Å². The van der Waals surface area contributed by atoms with E-state index in [1.54, 1.807) is 60.7 Å². The fourth-order valence-corrected chi connectivity index (χ4v) is 7.85. The molecule has 362 valence electrons. The van der Waals surface area contributed by atoms with E-state index < -0.39 is 36.2 Å². The van der Waals surface area contributed by atoms with Gasteiger partial charge in [0.2, 0.25) is 23.5 Å². The van der Waals surface area contributed by atoms with Crippen molar-refractivity contribution >= 4 is 67.0 Å². The SMILES string of the molecule is CC(CO)(NCc1cc(Br)c(OCc2cccc(-c3cccc(COc4nc(OCc5cncc(C#N)c5)c(CNC(C)(CO)C(=O)O)cc4Br)c3Cl)c2Cl)nc1OCc1cncc(C#N)c1)C(=O)O. The number of carbonyl (C=O) groups is 2. The molecule has 4 heterocycles. The van der Waals surface area contributed by atoms with Gasteiger partial charge in [-0.3, -0.25) is 30.2 Å². The number of ether oxygens (including phenoxy) is 4. The van der Waals surface area contributed by atoms with Crippen LogP contribution in [-0.2, 0) is 49.1 Å². The summed E-state index contributed by atoms with van der Waals surface area (Å²) in [4.78, 5) is 41.2. The second kappa shape index (κ2) is 23.9. The third-order valence-electron chi connectivity index (χ3n) is 10.7. The van der Waals surface area contributed by atoms with Gasteiger partial charge in [0, 0.05) is 82.4 Å². The lowest BCUT2D eigenvalue weighted by atomic mass is 10.0. The Balaban J connectivity index is 1.22. The number of aliphatic carboxylic acids is 2. The molecule has 6 N–H and O–H groups in total. The van der Waals surface area contributed by atoms with E-state index in [9.17, 15) is 40.5 Å². The van der Waals surface area contributed by atoms with Crippen molar-refractivity contribution in [2.75, 3.05) is 13.2 Å². The smallest absolute Gasteiger partial charge is 0.326 e. The molecule has 70 heavy (non-hydrogen) atoms. The number of nitrogens with zero attached hydrogens (tertiary/aromatic N) is 6. The van der Waals surface area contributed by atoms with Gasteiger partial charge in [-0.05, 0) is 70.0 Å². The minimum Gasteiger partial charge on any atom is -0.480 e. The van der Waals surface area contributed by atoms with Gasteiger partial charge in [0.1, 0.15) is 49.6 Å². The molecule has 0 radical (unpaired) electrons. The molecular weight excluding hydrogens is 1080 g/mol. The molecular formula is C48H42Br2Cl2N8O10. The molecule has 6 rings (SSSR count). The number of benzene rings is 2. The maximum atomic E-state index is 11.9. The van der Waals surface area contributed by atoms with E-state index in [-0.39, 0.29) is 63.0 Å². The molecule has 6 aromatic rings. The maximum absolute atomic E-state index is 11.9. The monoisotopic (exact) mass is 1120 g/mol. The van der Waals surface area contributed by atoms with Gasteiger partial charge < -0.3 is 39.4 Å². The summed E-state index contributed by atoms with van der Waals surface area (Å²) in [5, 5.41) is 64.1. The van der Waals surface area contributed by atoms with Crippen LogP contribution in [0.25, 0.3) is 11.1 Å². The summed E-state index contributed by atoms with van der Waals surface area (Å²) >= 11 is 21.1. The second-order valence-electron chi connectivity index (χ2n) is 15.9. The Hall–Kier alpha value is -6.46. The molecule has 4 aromatic heterocycles. The average molecular weight is 1120 g/mol. The number of carboxylic acids is 2. The third kappa shape index (κ3) is 13.0. The molecule has 2 unspecified atom stereocenters. The fourth-order valence-electron chi connectivity index (χ4n) is 6.32. The van der Waals surface area contributed by atoms with Gasteiger partial charge in [-0.25, -0.2) is 0 Å². The van der Waals surface area contributed by atoms with Crippen LogP contribution < -0.4 is 29.6 Å². The normalized spacial score (nSPS) is 12.7. The minimum atomic E-state index is -1.66. The van der Waals surface area contributed by atoms with E-state index in [0.29, 0.717) is 74.6 Å². The molecule has 0 saturated carbocycles. The lowest BCUT2D eigenvalue weighted by molar-refractivity contribution is -0.146. The van der Waals surface area contributed by atoms with Crippen LogP contribution in [0.3, 0.4) is 0 Å². The van der Waals surface area contributed by atoms with E-state index >= 15 is 0 Å². The molecule has 2 atom stereocenters. The number of aliphatic hydroxyl groups is 2. The molecule has 0 amide bonds. The first-order valence-electron chi connectivity index (χ1n) is 20.8. The summed E-state index contributed by atoms with van der Waals surface area (Å²) in [6.45, 7) is 1.01. The molecule has 0 saturated heterocycles. The predicted octanol–water partition coefficient (Wildman–Crippen LogP) is 7.68. The van der Waals surface area contributed by atoms with Crippen molar-refractivity contribution in [3.63, 3.8) is 0 Å². The van der Waals surface area contributed by atoms with Crippen LogP contribution in [-0.4, -0.2) is 76.6 Å². The van der Waals surface area contributed by atoms with Gasteiger partial charge in [-0.2, -0.15) is 20.5 Å². The van der Waals surface area contributed by atoms with E-state index in [1.165, 1.54) is 38.6 Å². The summed E-state index contributed by atoms with van der Waals surface area (Å²) in [5.74, 6) is -2.10. The van der Waals surface area contributed by atoms with Gasteiger partial charge in [0.15, 0.2) is 0 Å². The number of nitrogens with one attached hydrogen (secondary N) is 2. The van der Waals surface area contributed by atoms with Crippen LogP contribution in [0.5, 0.6) is 23.5 Å². The molecule has 0 fully saturated rings. The standard InChI is InChI=1S/C48H42Br2Cl2N8O10/c1-47(25-61,45(63)64)57-19-33-11-37(49)43(59-41(33)67-21-29-9-27(13-53)15-55-17-29)69-23-31-5-3-7-35(39(31)51)36-8-4-6-32(40(36)52)24-70-44-38(50)12-34(20-58-48(2,26-62)46(65)66)42(60-44)68-22-30-10-28(14-54)16-56-18-30/h3-12,15-18,57-58,61-62H,19-26H2,1-2H3,(H,63,64)(H,65,66). The highest BCUT2D eigenvalue weighted by Gasteiger charge is 2.33. The van der Waals surface area contributed by atoms with Gasteiger partial charge in [0.25, 0.3) is 0 Å². The molecule has 0 spiro atoms. The number of carboxylic acid groups (broad SMARTS) is 2. The largest absolute Gasteiger partial charge is 0.480 e. The Kier molecular flexibility index (Phi) is 18.1. The van der Waals surface area contributed by atoms with Gasteiger partial charge in [-0.15, -0.1) is 0 Å². The number of hydrogen-bond donors (Lipinski definition) is 6. The van der Waals surface area contributed by atoms with Crippen LogP contribution in [0.1, 0.15) is 58.4 Å². The number of pyridine rings is 4. The van der Waals surface area contributed by atoms with E-state index in [4.69, 9.17) is 42.1 Å². The zero-order valence-electron chi connectivity index (χ0n) is 37.2.